The van der Waals surface area contributed by atoms with E-state index in [0.29, 0.717) is 5.69 Å². The van der Waals surface area contributed by atoms with E-state index in [-0.39, 0.29) is 11.4 Å². The van der Waals surface area contributed by atoms with E-state index in [9.17, 15) is 13.2 Å². The van der Waals surface area contributed by atoms with Gasteiger partial charge in [-0.15, -0.1) is 10.2 Å². The molecule has 0 aliphatic carbocycles. The monoisotopic (exact) mass is 258 g/mol. The minimum absolute atomic E-state index is 0.000856. The molecule has 2 rings (SSSR count). The van der Waals surface area contributed by atoms with Gasteiger partial charge in [0, 0.05) is 19.3 Å². The maximum absolute atomic E-state index is 12.5. The molecule has 2 heterocycles. The van der Waals surface area contributed by atoms with Crippen molar-refractivity contribution >= 4 is 0 Å². The van der Waals surface area contributed by atoms with E-state index in [0.717, 1.165) is 6.07 Å². The Bertz CT molecular complexity index is 564. The smallest absolute Gasteiger partial charge is 0.435 e. The Morgan fingerprint density at radius 1 is 1.28 bits per heavy atom. The Hall–Kier alpha value is -2.12. The van der Waals surface area contributed by atoms with Gasteiger partial charge < -0.3 is 4.74 Å². The molecule has 2 aromatic rings. The Morgan fingerprint density at radius 2 is 2.00 bits per heavy atom. The average molecular weight is 258 g/mol. The minimum Gasteiger partial charge on any atom is -0.494 e. The van der Waals surface area contributed by atoms with Crippen LogP contribution in [0.15, 0.2) is 18.3 Å². The van der Waals surface area contributed by atoms with Crippen LogP contribution in [0.4, 0.5) is 13.2 Å². The summed E-state index contributed by atoms with van der Waals surface area (Å²) in [5.41, 5.74) is -0.358. The normalized spacial score (nSPS) is 11.6. The molecule has 0 saturated carbocycles. The molecule has 0 spiro atoms. The van der Waals surface area contributed by atoms with Gasteiger partial charge >= 0.3 is 6.18 Å². The molecule has 2 aromatic heterocycles. The van der Waals surface area contributed by atoms with E-state index in [1.54, 1.807) is 13.1 Å². The van der Waals surface area contributed by atoms with Gasteiger partial charge in [0.2, 0.25) is 0 Å². The molecule has 0 atom stereocenters. The van der Waals surface area contributed by atoms with E-state index < -0.39 is 11.9 Å². The second-order valence-electron chi connectivity index (χ2n) is 3.48. The molecule has 18 heavy (non-hydrogen) atoms. The lowest BCUT2D eigenvalue weighted by molar-refractivity contribution is -0.141. The Morgan fingerprint density at radius 3 is 2.50 bits per heavy atom. The number of nitrogens with zero attached hydrogens (tertiary/aromatic N) is 4. The van der Waals surface area contributed by atoms with Gasteiger partial charge in [0.15, 0.2) is 17.1 Å². The standard InChI is InChI=1S/C10H9F3N4O/c1-17-6(3-4-14-17)9-7(18-2)5-8(15-16-9)10(11,12)13/h3-5H,1-2H3. The Kier molecular flexibility index (Phi) is 2.93. The number of hydrogen-bond acceptors (Lipinski definition) is 4. The van der Waals surface area contributed by atoms with Crippen LogP contribution in [-0.4, -0.2) is 27.1 Å². The molecule has 0 saturated heterocycles. The largest absolute Gasteiger partial charge is 0.494 e. The highest BCUT2D eigenvalue weighted by Crippen LogP contribution is 2.33. The summed E-state index contributed by atoms with van der Waals surface area (Å²) in [6, 6.07) is 2.43. The fourth-order valence-electron chi connectivity index (χ4n) is 1.45. The van der Waals surface area contributed by atoms with Crippen molar-refractivity contribution in [2.45, 2.75) is 6.18 Å². The third kappa shape index (κ3) is 2.13. The van der Waals surface area contributed by atoms with Gasteiger partial charge in [-0.3, -0.25) is 4.68 Å². The predicted molar refractivity (Wildman–Crippen MR) is 55.8 cm³/mol. The summed E-state index contributed by atoms with van der Waals surface area (Å²) in [4.78, 5) is 0. The molecular weight excluding hydrogens is 249 g/mol. The van der Waals surface area contributed by atoms with Crippen molar-refractivity contribution in [3.8, 4) is 17.1 Å². The van der Waals surface area contributed by atoms with Gasteiger partial charge in [-0.2, -0.15) is 18.3 Å². The zero-order chi connectivity index (χ0) is 13.3. The summed E-state index contributed by atoms with van der Waals surface area (Å²) < 4.78 is 43.8. The number of aryl methyl sites for hydroxylation is 1. The van der Waals surface area contributed by atoms with Crippen molar-refractivity contribution in [2.24, 2.45) is 7.05 Å². The first-order valence-electron chi connectivity index (χ1n) is 4.90. The van der Waals surface area contributed by atoms with Crippen molar-refractivity contribution in [2.75, 3.05) is 7.11 Å². The van der Waals surface area contributed by atoms with Gasteiger partial charge in [-0.1, -0.05) is 0 Å². The van der Waals surface area contributed by atoms with Crippen LogP contribution in [0.2, 0.25) is 0 Å². The van der Waals surface area contributed by atoms with Crippen molar-refractivity contribution in [3.05, 3.63) is 24.0 Å². The molecule has 0 unspecified atom stereocenters. The summed E-state index contributed by atoms with van der Waals surface area (Å²) >= 11 is 0. The first kappa shape index (κ1) is 12.3. The lowest BCUT2D eigenvalue weighted by Gasteiger charge is -2.10. The third-order valence-corrected chi connectivity index (χ3v) is 2.33. The lowest BCUT2D eigenvalue weighted by Crippen LogP contribution is -2.10. The molecular formula is C10H9F3N4O. The van der Waals surface area contributed by atoms with E-state index in [2.05, 4.69) is 15.3 Å². The second kappa shape index (κ2) is 4.28. The zero-order valence-corrected chi connectivity index (χ0v) is 9.56. The molecule has 0 aromatic carbocycles. The Labute approximate surface area is 100 Å². The quantitative estimate of drug-likeness (QED) is 0.825. The number of halogens is 3. The average Bonchev–Trinajstić information content (AvgIpc) is 2.73. The number of rotatable bonds is 2. The highest BCUT2D eigenvalue weighted by atomic mass is 19.4. The summed E-state index contributed by atoms with van der Waals surface area (Å²) in [5, 5.41) is 10.6. The molecule has 5 nitrogen and oxygen atoms in total. The van der Waals surface area contributed by atoms with Crippen LogP contribution in [0.5, 0.6) is 5.75 Å². The van der Waals surface area contributed by atoms with Crippen LogP contribution < -0.4 is 4.74 Å². The van der Waals surface area contributed by atoms with Gasteiger partial charge in [-0.05, 0) is 6.07 Å². The molecule has 0 radical (unpaired) electrons. The lowest BCUT2D eigenvalue weighted by atomic mass is 10.2. The van der Waals surface area contributed by atoms with Gasteiger partial charge in [0.25, 0.3) is 0 Å². The summed E-state index contributed by atoms with van der Waals surface area (Å²) in [7, 11) is 2.92. The fourth-order valence-corrected chi connectivity index (χ4v) is 1.45. The van der Waals surface area contributed by atoms with Crippen LogP contribution in [0.3, 0.4) is 0 Å². The van der Waals surface area contributed by atoms with Gasteiger partial charge in [0.1, 0.15) is 0 Å². The van der Waals surface area contributed by atoms with Gasteiger partial charge in [-0.25, -0.2) is 0 Å². The molecule has 0 bridgehead atoms. The van der Waals surface area contributed by atoms with Crippen LogP contribution in [0.25, 0.3) is 11.4 Å². The predicted octanol–water partition coefficient (Wildman–Crippen LogP) is 1.90. The molecule has 0 N–H and O–H groups in total. The topological polar surface area (TPSA) is 52.8 Å². The molecule has 0 aliphatic heterocycles. The third-order valence-electron chi connectivity index (χ3n) is 2.33. The number of ether oxygens (including phenoxy) is 1. The molecule has 0 aliphatic rings. The maximum atomic E-state index is 12.5. The zero-order valence-electron chi connectivity index (χ0n) is 9.56. The SMILES string of the molecule is COc1cc(C(F)(F)F)nnc1-c1ccnn1C. The van der Waals surface area contributed by atoms with E-state index >= 15 is 0 Å². The Balaban J connectivity index is 2.54. The summed E-state index contributed by atoms with van der Waals surface area (Å²) in [6.07, 6.45) is -3.04. The van der Waals surface area contributed by atoms with Crippen molar-refractivity contribution in [1.29, 1.82) is 0 Å². The number of hydrogen-bond donors (Lipinski definition) is 0. The minimum atomic E-state index is -4.55. The first-order chi connectivity index (χ1) is 8.43. The molecule has 0 fully saturated rings. The number of methoxy groups -OCH3 is 1. The van der Waals surface area contributed by atoms with E-state index in [1.165, 1.54) is 18.0 Å². The maximum Gasteiger partial charge on any atom is 0.435 e. The van der Waals surface area contributed by atoms with Crippen LogP contribution in [0, 0.1) is 0 Å². The first-order valence-corrected chi connectivity index (χ1v) is 4.90. The highest BCUT2D eigenvalue weighted by molar-refractivity contribution is 5.62. The van der Waals surface area contributed by atoms with Crippen molar-refractivity contribution in [3.63, 3.8) is 0 Å². The summed E-state index contributed by atoms with van der Waals surface area (Å²) in [6.45, 7) is 0. The van der Waals surface area contributed by atoms with E-state index in [1.807, 2.05) is 0 Å². The van der Waals surface area contributed by atoms with Crippen LogP contribution in [0.1, 0.15) is 5.69 Å². The number of aromatic nitrogens is 4. The van der Waals surface area contributed by atoms with E-state index in [4.69, 9.17) is 4.74 Å². The van der Waals surface area contributed by atoms with Crippen molar-refractivity contribution in [1.82, 2.24) is 20.0 Å². The molecule has 8 heteroatoms. The molecule has 96 valence electrons. The highest BCUT2D eigenvalue weighted by Gasteiger charge is 2.34. The van der Waals surface area contributed by atoms with Crippen molar-refractivity contribution < 1.29 is 17.9 Å². The number of alkyl halides is 3. The molecule has 0 amide bonds. The van der Waals surface area contributed by atoms with Crippen LogP contribution in [-0.2, 0) is 13.2 Å². The van der Waals surface area contributed by atoms with Crippen LogP contribution >= 0.6 is 0 Å². The summed E-state index contributed by atoms with van der Waals surface area (Å²) in [5.74, 6) is 0.000856. The fraction of sp³-hybridized carbons (Fsp3) is 0.300. The van der Waals surface area contributed by atoms with Gasteiger partial charge in [0.05, 0.1) is 12.8 Å². The second-order valence-corrected chi connectivity index (χ2v) is 3.48.